The van der Waals surface area contributed by atoms with Crippen molar-refractivity contribution in [1.82, 2.24) is 0 Å². The van der Waals surface area contributed by atoms with E-state index in [0.29, 0.717) is 11.5 Å². The maximum Gasteiger partial charge on any atom is 0.290 e. The van der Waals surface area contributed by atoms with Crippen LogP contribution < -0.4 is 0 Å². The fraction of sp³-hybridized carbons (Fsp3) is 0.500. The first-order valence-corrected chi connectivity index (χ1v) is 9.32. The quantitative estimate of drug-likeness (QED) is 0.856. The van der Waals surface area contributed by atoms with E-state index in [2.05, 4.69) is 3.77 Å². The van der Waals surface area contributed by atoms with E-state index in [0.717, 1.165) is 24.8 Å². The molecule has 1 fully saturated rings. The predicted molar refractivity (Wildman–Crippen MR) is 72.5 cm³/mol. The monoisotopic (exact) mass is 287 g/mol. The second-order valence-corrected chi connectivity index (χ2v) is 8.82. The number of rotatable bonds is 3. The fourth-order valence-corrected chi connectivity index (χ4v) is 6.42. The summed E-state index contributed by atoms with van der Waals surface area (Å²) in [4.78, 5) is 0.150. The highest BCUT2D eigenvalue weighted by atomic mass is 32.3. The zero-order chi connectivity index (χ0) is 13.2. The first-order valence-electron chi connectivity index (χ1n) is 6.03. The van der Waals surface area contributed by atoms with Gasteiger partial charge in [-0.15, -0.1) is 3.77 Å². The molecule has 0 atom stereocenters. The molecule has 1 aromatic carbocycles. The van der Waals surface area contributed by atoms with Gasteiger partial charge in [0.1, 0.15) is 0 Å². The number of benzene rings is 1. The van der Waals surface area contributed by atoms with E-state index >= 15 is 0 Å². The fourth-order valence-electron chi connectivity index (χ4n) is 1.98. The summed E-state index contributed by atoms with van der Waals surface area (Å²) < 4.78 is 40.1. The highest BCUT2D eigenvalue weighted by Crippen LogP contribution is 2.20. The van der Waals surface area contributed by atoms with Crippen molar-refractivity contribution in [2.75, 3.05) is 11.5 Å². The Kier molecular flexibility index (Phi) is 3.77. The molecule has 4 nitrogen and oxygen atoms in total. The molecule has 2 rings (SSSR count). The molecule has 1 saturated heterocycles. The molecule has 0 aliphatic carbocycles. The Labute approximate surface area is 109 Å². The van der Waals surface area contributed by atoms with Gasteiger partial charge < -0.3 is 0 Å². The van der Waals surface area contributed by atoms with Crippen LogP contribution in [0, 0.1) is 0 Å². The largest absolute Gasteiger partial charge is 0.290 e. The highest BCUT2D eigenvalue weighted by Gasteiger charge is 2.22. The zero-order valence-electron chi connectivity index (χ0n) is 10.3. The number of nitrogens with zero attached hydrogens (tertiary/aromatic N) is 1. The normalized spacial score (nSPS) is 18.7. The summed E-state index contributed by atoms with van der Waals surface area (Å²) in [5, 5.41) is 0. The Morgan fingerprint density at radius 1 is 1.28 bits per heavy atom. The van der Waals surface area contributed by atoms with E-state index in [4.69, 9.17) is 0 Å². The molecule has 1 heterocycles. The van der Waals surface area contributed by atoms with Crippen molar-refractivity contribution < 1.29 is 12.6 Å². The van der Waals surface area contributed by atoms with E-state index in [1.165, 1.54) is 6.07 Å². The van der Waals surface area contributed by atoms with Gasteiger partial charge >= 0.3 is 0 Å². The van der Waals surface area contributed by atoms with Crippen LogP contribution in [0.25, 0.3) is 0 Å². The molecule has 0 saturated carbocycles. The Bertz CT molecular complexity index is 644. The molecule has 18 heavy (non-hydrogen) atoms. The summed E-state index contributed by atoms with van der Waals surface area (Å²) in [5.74, 6) is 0.805. The predicted octanol–water partition coefficient (Wildman–Crippen LogP) is 2.20. The van der Waals surface area contributed by atoms with Gasteiger partial charge in [-0.05, 0) is 37.0 Å². The molecule has 0 bridgehead atoms. The van der Waals surface area contributed by atoms with Gasteiger partial charge in [0.25, 0.3) is 10.0 Å². The number of hydrogen-bond donors (Lipinski definition) is 0. The lowest BCUT2D eigenvalue weighted by Crippen LogP contribution is -2.07. The summed E-state index contributed by atoms with van der Waals surface area (Å²) >= 11 is 0. The van der Waals surface area contributed by atoms with Crippen LogP contribution >= 0.6 is 0 Å². The Morgan fingerprint density at radius 3 is 2.56 bits per heavy atom. The van der Waals surface area contributed by atoms with E-state index in [1.54, 1.807) is 12.1 Å². The van der Waals surface area contributed by atoms with Gasteiger partial charge in [-0.25, -0.2) is 4.21 Å². The number of sulfonamides is 1. The average molecular weight is 287 g/mol. The van der Waals surface area contributed by atoms with E-state index in [1.807, 2.05) is 13.0 Å². The van der Waals surface area contributed by atoms with E-state index in [9.17, 15) is 12.6 Å². The third kappa shape index (κ3) is 2.92. The highest BCUT2D eigenvalue weighted by molar-refractivity contribution is 8.03. The molecular formula is C12H17NO3S2. The van der Waals surface area contributed by atoms with Crippen LogP contribution in [0.15, 0.2) is 32.9 Å². The molecule has 1 aromatic rings. The summed E-state index contributed by atoms with van der Waals surface area (Å²) in [6.07, 6.45) is 2.36. The minimum absolute atomic E-state index is 0.150. The van der Waals surface area contributed by atoms with Crippen LogP contribution in [0.1, 0.15) is 25.3 Å². The SMILES string of the molecule is CCc1cccc(S(=O)(=O)N=S2(=O)CCCC2)c1. The maximum atomic E-state index is 12.2. The van der Waals surface area contributed by atoms with Crippen LogP contribution in [-0.2, 0) is 26.2 Å². The average Bonchev–Trinajstić information content (AvgIpc) is 2.75. The van der Waals surface area contributed by atoms with Gasteiger partial charge in [-0.1, -0.05) is 19.1 Å². The van der Waals surface area contributed by atoms with Crippen molar-refractivity contribution in [1.29, 1.82) is 0 Å². The van der Waals surface area contributed by atoms with Crippen molar-refractivity contribution in [2.45, 2.75) is 31.1 Å². The standard InChI is InChI=1S/C12H17NO3S2/c1-2-11-6-5-7-12(10-11)18(15,16)13-17(14)8-3-4-9-17/h5-7,10H,2-4,8-9H2,1H3. The minimum Gasteiger partial charge on any atom is -0.249 e. The lowest BCUT2D eigenvalue weighted by atomic mass is 10.2. The lowest BCUT2D eigenvalue weighted by molar-refractivity contribution is 0.598. The maximum absolute atomic E-state index is 12.2. The minimum atomic E-state index is -3.79. The summed E-state index contributed by atoms with van der Waals surface area (Å²) in [6.45, 7) is 1.96. The topological polar surface area (TPSA) is 63.6 Å². The molecule has 100 valence electrons. The first kappa shape index (κ1) is 13.5. The van der Waals surface area contributed by atoms with Crippen molar-refractivity contribution in [3.05, 3.63) is 29.8 Å². The lowest BCUT2D eigenvalue weighted by Gasteiger charge is -2.04. The molecule has 0 amide bonds. The Morgan fingerprint density at radius 2 is 1.94 bits per heavy atom. The van der Waals surface area contributed by atoms with Gasteiger partial charge in [0.15, 0.2) is 0 Å². The van der Waals surface area contributed by atoms with Crippen molar-refractivity contribution >= 4 is 19.8 Å². The van der Waals surface area contributed by atoms with Gasteiger partial charge in [0.2, 0.25) is 0 Å². The van der Waals surface area contributed by atoms with Crippen LogP contribution in [0.2, 0.25) is 0 Å². The zero-order valence-corrected chi connectivity index (χ0v) is 12.0. The summed E-state index contributed by atoms with van der Waals surface area (Å²) in [6, 6.07) is 6.68. The van der Waals surface area contributed by atoms with E-state index in [-0.39, 0.29) is 4.90 Å². The Balaban J connectivity index is 2.45. The molecule has 0 N–H and O–H groups in total. The van der Waals surface area contributed by atoms with Crippen molar-refractivity contribution in [3.63, 3.8) is 0 Å². The molecule has 0 aromatic heterocycles. The third-order valence-electron chi connectivity index (χ3n) is 3.02. The van der Waals surface area contributed by atoms with Crippen LogP contribution in [0.3, 0.4) is 0 Å². The first-order chi connectivity index (χ1) is 8.45. The molecule has 0 unspecified atom stereocenters. The number of aryl methyl sites for hydroxylation is 1. The summed E-state index contributed by atoms with van der Waals surface area (Å²) in [5.41, 5.74) is 0.938. The molecule has 0 spiro atoms. The van der Waals surface area contributed by atoms with Crippen LogP contribution in [0.5, 0.6) is 0 Å². The molecular weight excluding hydrogens is 270 g/mol. The van der Waals surface area contributed by atoms with Gasteiger partial charge in [-0.2, -0.15) is 8.42 Å². The van der Waals surface area contributed by atoms with Gasteiger partial charge in [0.05, 0.1) is 14.6 Å². The van der Waals surface area contributed by atoms with Crippen molar-refractivity contribution in [3.8, 4) is 0 Å². The smallest absolute Gasteiger partial charge is 0.249 e. The van der Waals surface area contributed by atoms with Gasteiger partial charge in [-0.3, -0.25) is 0 Å². The van der Waals surface area contributed by atoms with Crippen molar-refractivity contribution in [2.24, 2.45) is 3.77 Å². The molecule has 6 heteroatoms. The molecule has 1 aliphatic heterocycles. The van der Waals surface area contributed by atoms with Gasteiger partial charge in [0, 0.05) is 11.5 Å². The Hall–Kier alpha value is -0.880. The van der Waals surface area contributed by atoms with E-state index < -0.39 is 19.8 Å². The van der Waals surface area contributed by atoms with Crippen LogP contribution in [-0.4, -0.2) is 24.1 Å². The molecule has 1 aliphatic rings. The second kappa shape index (κ2) is 5.01. The summed E-state index contributed by atoms with van der Waals surface area (Å²) in [7, 11) is -6.33. The molecule has 0 radical (unpaired) electrons. The van der Waals surface area contributed by atoms with Crippen LogP contribution in [0.4, 0.5) is 0 Å². The number of hydrogen-bond acceptors (Lipinski definition) is 3. The second-order valence-electron chi connectivity index (χ2n) is 4.44. The third-order valence-corrected chi connectivity index (χ3v) is 7.59.